The minimum atomic E-state index is -0.294. The highest BCUT2D eigenvalue weighted by Crippen LogP contribution is 2.39. The predicted octanol–water partition coefficient (Wildman–Crippen LogP) is 3.56. The number of likely N-dealkylation sites (tertiary alicyclic amines) is 2. The minimum absolute atomic E-state index is 0.107. The molecule has 0 radical (unpaired) electrons. The van der Waals surface area contributed by atoms with Gasteiger partial charge in [0.2, 0.25) is 0 Å². The number of ether oxygens (including phenoxy) is 1. The lowest BCUT2D eigenvalue weighted by Gasteiger charge is -2.41. The van der Waals surface area contributed by atoms with Gasteiger partial charge in [0.25, 0.3) is 5.91 Å². The van der Waals surface area contributed by atoms with Gasteiger partial charge in [-0.3, -0.25) is 4.79 Å². The maximum Gasteiger partial charge on any atom is 0.252 e. The van der Waals surface area contributed by atoms with Crippen molar-refractivity contribution in [2.24, 2.45) is 0 Å². The van der Waals surface area contributed by atoms with Gasteiger partial charge in [-0.05, 0) is 56.8 Å². The summed E-state index contributed by atoms with van der Waals surface area (Å²) in [6, 6.07) is 7.40. The molecule has 0 unspecified atom stereocenters. The van der Waals surface area contributed by atoms with Crippen molar-refractivity contribution < 1.29 is 13.9 Å². The standard InChI is InChI=1S/C22H31FN2O2/c1-24-15-18(16-8-7-9-17(23)14-16)21-19(24)10-3-2-5-12-25(21)22(26)20-11-4-6-13-27-20/h7-9,14,18-21H,2-6,10-13,15H2,1H3/t18-,19+,20-,21-/m0/s1. The van der Waals surface area contributed by atoms with E-state index in [2.05, 4.69) is 16.8 Å². The van der Waals surface area contributed by atoms with Crippen LogP contribution in [0.25, 0.3) is 0 Å². The quantitative estimate of drug-likeness (QED) is 0.793. The van der Waals surface area contributed by atoms with Crippen molar-refractivity contribution >= 4 is 5.91 Å². The Bertz CT molecular complexity index is 661. The first-order valence-electron chi connectivity index (χ1n) is 10.5. The smallest absolute Gasteiger partial charge is 0.252 e. The summed E-state index contributed by atoms with van der Waals surface area (Å²) in [5, 5.41) is 0. The Balaban J connectivity index is 1.66. The summed E-state index contributed by atoms with van der Waals surface area (Å²) in [5.41, 5.74) is 1.01. The largest absolute Gasteiger partial charge is 0.368 e. The molecule has 5 heteroatoms. The van der Waals surface area contributed by atoms with Gasteiger partial charge in [0.15, 0.2) is 0 Å². The molecule has 0 aliphatic carbocycles. The number of halogens is 1. The molecule has 148 valence electrons. The Labute approximate surface area is 161 Å². The third-order valence-corrected chi connectivity index (χ3v) is 6.63. The van der Waals surface area contributed by atoms with Crippen LogP contribution in [0, 0.1) is 5.82 Å². The first-order valence-corrected chi connectivity index (χ1v) is 10.5. The van der Waals surface area contributed by atoms with Crippen LogP contribution in [-0.2, 0) is 9.53 Å². The molecule has 3 fully saturated rings. The number of rotatable bonds is 2. The van der Waals surface area contributed by atoms with E-state index in [4.69, 9.17) is 4.74 Å². The molecule has 3 saturated heterocycles. The minimum Gasteiger partial charge on any atom is -0.368 e. The van der Waals surface area contributed by atoms with Crippen molar-refractivity contribution in [3.63, 3.8) is 0 Å². The van der Waals surface area contributed by atoms with Crippen molar-refractivity contribution in [1.29, 1.82) is 0 Å². The Morgan fingerprint density at radius 2 is 2.00 bits per heavy atom. The van der Waals surface area contributed by atoms with Gasteiger partial charge in [-0.2, -0.15) is 0 Å². The second-order valence-corrected chi connectivity index (χ2v) is 8.40. The Morgan fingerprint density at radius 3 is 2.78 bits per heavy atom. The lowest BCUT2D eigenvalue weighted by Crippen LogP contribution is -2.54. The fourth-order valence-corrected chi connectivity index (χ4v) is 5.28. The van der Waals surface area contributed by atoms with Gasteiger partial charge in [-0.25, -0.2) is 4.39 Å². The second-order valence-electron chi connectivity index (χ2n) is 8.40. The zero-order chi connectivity index (χ0) is 18.8. The van der Waals surface area contributed by atoms with Gasteiger partial charge >= 0.3 is 0 Å². The molecule has 3 aliphatic heterocycles. The van der Waals surface area contributed by atoms with E-state index in [0.29, 0.717) is 12.6 Å². The summed E-state index contributed by atoms with van der Waals surface area (Å²) in [7, 11) is 2.15. The van der Waals surface area contributed by atoms with E-state index >= 15 is 0 Å². The summed E-state index contributed by atoms with van der Waals surface area (Å²) < 4.78 is 19.8. The van der Waals surface area contributed by atoms with Crippen molar-refractivity contribution in [1.82, 2.24) is 9.80 Å². The number of hydrogen-bond acceptors (Lipinski definition) is 3. The van der Waals surface area contributed by atoms with Crippen LogP contribution >= 0.6 is 0 Å². The summed E-state index contributed by atoms with van der Waals surface area (Å²) in [6.45, 7) is 2.35. The van der Waals surface area contributed by atoms with Gasteiger partial charge in [0, 0.05) is 31.7 Å². The van der Waals surface area contributed by atoms with Gasteiger partial charge < -0.3 is 14.5 Å². The molecular formula is C22H31FN2O2. The lowest BCUT2D eigenvalue weighted by molar-refractivity contribution is -0.150. The topological polar surface area (TPSA) is 32.8 Å². The van der Waals surface area contributed by atoms with Gasteiger partial charge in [0.05, 0.1) is 6.04 Å². The summed E-state index contributed by atoms with van der Waals surface area (Å²) >= 11 is 0. The van der Waals surface area contributed by atoms with Crippen LogP contribution in [-0.4, -0.2) is 60.6 Å². The SMILES string of the molecule is CN1C[C@@H](c2cccc(F)c2)[C@H]2[C@H]1CCCCCN2C(=O)[C@@H]1CCCCO1. The number of amides is 1. The van der Waals surface area contributed by atoms with Crippen LogP contribution in [0.15, 0.2) is 24.3 Å². The monoisotopic (exact) mass is 374 g/mol. The normalized spacial score (nSPS) is 32.6. The third-order valence-electron chi connectivity index (χ3n) is 6.63. The van der Waals surface area contributed by atoms with Crippen LogP contribution in [0.4, 0.5) is 4.39 Å². The van der Waals surface area contributed by atoms with E-state index in [1.54, 1.807) is 12.1 Å². The molecule has 0 spiro atoms. The van der Waals surface area contributed by atoms with Gasteiger partial charge in [-0.1, -0.05) is 25.0 Å². The van der Waals surface area contributed by atoms with Crippen LogP contribution < -0.4 is 0 Å². The molecular weight excluding hydrogens is 343 g/mol. The molecule has 27 heavy (non-hydrogen) atoms. The van der Waals surface area contributed by atoms with E-state index < -0.39 is 0 Å². The van der Waals surface area contributed by atoms with Crippen molar-refractivity contribution in [3.8, 4) is 0 Å². The molecule has 1 amide bonds. The Kier molecular flexibility index (Phi) is 5.79. The average Bonchev–Trinajstić information content (AvgIpc) is 2.98. The highest BCUT2D eigenvalue weighted by atomic mass is 19.1. The summed E-state index contributed by atoms with van der Waals surface area (Å²) in [6.07, 6.45) is 7.14. The number of carbonyl (C=O) groups is 1. The molecule has 4 nitrogen and oxygen atoms in total. The highest BCUT2D eigenvalue weighted by molar-refractivity contribution is 5.81. The molecule has 4 atom stereocenters. The number of likely N-dealkylation sites (N-methyl/N-ethyl adjacent to an activating group) is 1. The molecule has 1 aromatic rings. The molecule has 0 aromatic heterocycles. The zero-order valence-corrected chi connectivity index (χ0v) is 16.3. The second kappa shape index (κ2) is 8.27. The van der Waals surface area contributed by atoms with E-state index in [1.165, 1.54) is 12.5 Å². The number of benzene rings is 1. The summed E-state index contributed by atoms with van der Waals surface area (Å²) in [5.74, 6) is 0.114. The fraction of sp³-hybridized carbons (Fsp3) is 0.682. The molecule has 4 rings (SSSR count). The molecule has 0 saturated carbocycles. The first-order chi connectivity index (χ1) is 13.1. The molecule has 3 heterocycles. The predicted molar refractivity (Wildman–Crippen MR) is 103 cm³/mol. The van der Waals surface area contributed by atoms with Crippen LogP contribution in [0.2, 0.25) is 0 Å². The van der Waals surface area contributed by atoms with Crippen molar-refractivity contribution in [2.75, 3.05) is 26.7 Å². The van der Waals surface area contributed by atoms with Crippen molar-refractivity contribution in [3.05, 3.63) is 35.6 Å². The van der Waals surface area contributed by atoms with E-state index in [0.717, 1.165) is 57.2 Å². The Hall–Kier alpha value is -1.46. The average molecular weight is 375 g/mol. The number of nitrogens with zero attached hydrogens (tertiary/aromatic N) is 2. The molecule has 1 aromatic carbocycles. The van der Waals surface area contributed by atoms with E-state index in [-0.39, 0.29) is 29.8 Å². The fourth-order valence-electron chi connectivity index (χ4n) is 5.28. The van der Waals surface area contributed by atoms with Crippen molar-refractivity contribution in [2.45, 2.75) is 69.1 Å². The number of hydrogen-bond donors (Lipinski definition) is 0. The lowest BCUT2D eigenvalue weighted by atomic mass is 9.86. The number of carbonyl (C=O) groups excluding carboxylic acids is 1. The van der Waals surface area contributed by atoms with Crippen LogP contribution in [0.3, 0.4) is 0 Å². The molecule has 3 aliphatic rings. The molecule has 0 bridgehead atoms. The van der Waals surface area contributed by atoms with Gasteiger partial charge in [-0.15, -0.1) is 0 Å². The van der Waals surface area contributed by atoms with E-state index in [1.807, 2.05) is 6.07 Å². The third kappa shape index (κ3) is 3.90. The molecule has 0 N–H and O–H groups in total. The van der Waals surface area contributed by atoms with E-state index in [9.17, 15) is 9.18 Å². The van der Waals surface area contributed by atoms with Gasteiger partial charge in [0.1, 0.15) is 11.9 Å². The van der Waals surface area contributed by atoms with Crippen LogP contribution in [0.5, 0.6) is 0 Å². The zero-order valence-electron chi connectivity index (χ0n) is 16.3. The highest BCUT2D eigenvalue weighted by Gasteiger charge is 2.46. The number of fused-ring (bicyclic) bond motifs is 1. The maximum atomic E-state index is 13.9. The maximum absolute atomic E-state index is 13.9. The summed E-state index contributed by atoms with van der Waals surface area (Å²) in [4.78, 5) is 17.9. The Morgan fingerprint density at radius 1 is 1.15 bits per heavy atom. The first kappa shape index (κ1) is 18.9. The van der Waals surface area contributed by atoms with Crippen LogP contribution in [0.1, 0.15) is 56.4 Å².